The molecule has 0 bridgehead atoms. The molecule has 0 saturated heterocycles. The summed E-state index contributed by atoms with van der Waals surface area (Å²) in [6.07, 6.45) is 3.04. The fraction of sp³-hybridized carbons (Fsp3) is 0.267. The second-order valence-corrected chi connectivity index (χ2v) is 4.42. The maximum absolute atomic E-state index is 12.5. The number of rotatable bonds is 4. The Balaban J connectivity index is 2.26. The number of hydrogen-bond acceptors (Lipinski definition) is 4. The summed E-state index contributed by atoms with van der Waals surface area (Å²) in [4.78, 5) is 22.4. The van der Waals surface area contributed by atoms with Crippen LogP contribution in [-0.2, 0) is 0 Å². The van der Waals surface area contributed by atoms with Crippen molar-refractivity contribution < 1.29 is 4.79 Å². The molecule has 2 aromatic rings. The summed E-state index contributed by atoms with van der Waals surface area (Å²) in [6, 6.07) is 7.85. The molecular weight excluding hydrogens is 252 g/mol. The zero-order valence-corrected chi connectivity index (χ0v) is 11.9. The van der Waals surface area contributed by atoms with Gasteiger partial charge >= 0.3 is 0 Å². The van der Waals surface area contributed by atoms with Gasteiger partial charge in [0.2, 0.25) is 0 Å². The lowest BCUT2D eigenvalue weighted by atomic mass is 10.2. The Labute approximate surface area is 118 Å². The van der Waals surface area contributed by atoms with Crippen LogP contribution in [0.1, 0.15) is 23.0 Å². The lowest BCUT2D eigenvalue weighted by molar-refractivity contribution is 0.0983. The van der Waals surface area contributed by atoms with E-state index in [2.05, 4.69) is 15.3 Å². The lowest BCUT2D eigenvalue weighted by Gasteiger charge is -2.20. The molecule has 0 radical (unpaired) electrons. The topological polar surface area (TPSA) is 58.1 Å². The smallest absolute Gasteiger partial charge is 0.278 e. The third kappa shape index (κ3) is 2.93. The molecule has 0 unspecified atom stereocenters. The van der Waals surface area contributed by atoms with Crippen LogP contribution in [0.4, 0.5) is 11.5 Å². The molecule has 104 valence electrons. The van der Waals surface area contributed by atoms with E-state index in [9.17, 15) is 4.79 Å². The van der Waals surface area contributed by atoms with E-state index >= 15 is 0 Å². The molecule has 1 N–H and O–H groups in total. The van der Waals surface area contributed by atoms with Gasteiger partial charge in [0.25, 0.3) is 5.91 Å². The number of aromatic nitrogens is 2. The Bertz CT molecular complexity index is 578. The first kappa shape index (κ1) is 14.0. The molecule has 2 rings (SSSR count). The van der Waals surface area contributed by atoms with Crippen molar-refractivity contribution in [2.75, 3.05) is 23.8 Å². The minimum atomic E-state index is -0.147. The Morgan fingerprint density at radius 1 is 1.20 bits per heavy atom. The molecule has 0 saturated carbocycles. The highest BCUT2D eigenvalue weighted by Gasteiger charge is 2.17. The van der Waals surface area contributed by atoms with Crippen LogP contribution in [0.3, 0.4) is 0 Å². The maximum atomic E-state index is 12.5. The van der Waals surface area contributed by atoms with Gasteiger partial charge in [-0.1, -0.05) is 17.7 Å². The van der Waals surface area contributed by atoms with Crippen LogP contribution in [0.15, 0.2) is 36.7 Å². The van der Waals surface area contributed by atoms with E-state index < -0.39 is 0 Å². The normalized spacial score (nSPS) is 10.2. The molecule has 0 atom stereocenters. The van der Waals surface area contributed by atoms with Crippen molar-refractivity contribution in [3.8, 4) is 0 Å². The van der Waals surface area contributed by atoms with Gasteiger partial charge in [-0.2, -0.15) is 0 Å². The van der Waals surface area contributed by atoms with Gasteiger partial charge in [-0.3, -0.25) is 4.79 Å². The standard InChI is InChI=1S/C15H18N4O/c1-4-19(12-7-5-11(2)6-8-12)15(20)13-9-18-14(16-3)10-17-13/h5-10H,4H2,1-3H3,(H,16,18). The number of anilines is 2. The number of nitrogens with zero attached hydrogens (tertiary/aromatic N) is 3. The number of carbonyl (C=O) groups is 1. The predicted molar refractivity (Wildman–Crippen MR) is 80.1 cm³/mol. The molecule has 1 aromatic carbocycles. The van der Waals surface area contributed by atoms with Gasteiger partial charge < -0.3 is 10.2 Å². The highest BCUT2D eigenvalue weighted by atomic mass is 16.2. The Kier molecular flexibility index (Phi) is 4.30. The number of amides is 1. The highest BCUT2D eigenvalue weighted by Crippen LogP contribution is 2.17. The Hall–Kier alpha value is -2.43. The molecule has 0 aliphatic heterocycles. The molecule has 1 amide bonds. The SMILES string of the molecule is CCN(C(=O)c1cnc(NC)cn1)c1ccc(C)cc1. The van der Waals surface area contributed by atoms with Gasteiger partial charge in [-0.15, -0.1) is 0 Å². The average Bonchev–Trinajstić information content (AvgIpc) is 2.50. The number of carbonyl (C=O) groups excluding carboxylic acids is 1. The van der Waals surface area contributed by atoms with Gasteiger partial charge in [-0.25, -0.2) is 9.97 Å². The highest BCUT2D eigenvalue weighted by molar-refractivity contribution is 6.04. The van der Waals surface area contributed by atoms with Crippen molar-refractivity contribution in [3.63, 3.8) is 0 Å². The Morgan fingerprint density at radius 2 is 1.90 bits per heavy atom. The van der Waals surface area contributed by atoms with E-state index in [1.54, 1.807) is 18.1 Å². The monoisotopic (exact) mass is 270 g/mol. The summed E-state index contributed by atoms with van der Waals surface area (Å²) in [5.41, 5.74) is 2.37. The molecule has 5 nitrogen and oxygen atoms in total. The summed E-state index contributed by atoms with van der Waals surface area (Å²) in [5.74, 6) is 0.492. The van der Waals surface area contributed by atoms with Crippen LogP contribution in [0.5, 0.6) is 0 Å². The summed E-state index contributed by atoms with van der Waals surface area (Å²) in [6.45, 7) is 4.54. The number of aryl methyl sites for hydroxylation is 1. The van der Waals surface area contributed by atoms with Crippen molar-refractivity contribution in [2.45, 2.75) is 13.8 Å². The summed E-state index contributed by atoms with van der Waals surface area (Å²) < 4.78 is 0. The van der Waals surface area contributed by atoms with Gasteiger partial charge in [0.05, 0.1) is 12.4 Å². The molecule has 0 aliphatic rings. The van der Waals surface area contributed by atoms with Gasteiger partial charge in [0, 0.05) is 19.3 Å². The summed E-state index contributed by atoms with van der Waals surface area (Å²) in [7, 11) is 1.76. The van der Waals surface area contributed by atoms with E-state index in [4.69, 9.17) is 0 Å². The molecule has 0 spiro atoms. The van der Waals surface area contributed by atoms with E-state index in [-0.39, 0.29) is 5.91 Å². The van der Waals surface area contributed by atoms with E-state index in [1.165, 1.54) is 6.20 Å². The predicted octanol–water partition coefficient (Wildman–Crippen LogP) is 2.49. The minimum absolute atomic E-state index is 0.147. The van der Waals surface area contributed by atoms with Crippen molar-refractivity contribution in [2.24, 2.45) is 0 Å². The third-order valence-electron chi connectivity index (χ3n) is 3.03. The molecule has 0 aliphatic carbocycles. The van der Waals surface area contributed by atoms with Crippen LogP contribution < -0.4 is 10.2 Å². The second kappa shape index (κ2) is 6.14. The van der Waals surface area contributed by atoms with Crippen LogP contribution in [0, 0.1) is 6.92 Å². The second-order valence-electron chi connectivity index (χ2n) is 4.42. The molecule has 5 heteroatoms. The van der Waals surface area contributed by atoms with E-state index in [1.807, 2.05) is 38.1 Å². The first-order valence-corrected chi connectivity index (χ1v) is 6.54. The van der Waals surface area contributed by atoms with Crippen LogP contribution in [0.25, 0.3) is 0 Å². The minimum Gasteiger partial charge on any atom is -0.372 e. The van der Waals surface area contributed by atoms with Crippen LogP contribution >= 0.6 is 0 Å². The fourth-order valence-electron chi connectivity index (χ4n) is 1.87. The van der Waals surface area contributed by atoms with Gasteiger partial charge in [0.15, 0.2) is 0 Å². The van der Waals surface area contributed by atoms with Crippen molar-refractivity contribution in [1.82, 2.24) is 9.97 Å². The van der Waals surface area contributed by atoms with Gasteiger partial charge in [-0.05, 0) is 26.0 Å². The third-order valence-corrected chi connectivity index (χ3v) is 3.03. The average molecular weight is 270 g/mol. The van der Waals surface area contributed by atoms with Crippen molar-refractivity contribution in [1.29, 1.82) is 0 Å². The summed E-state index contributed by atoms with van der Waals surface area (Å²) in [5, 5.41) is 2.88. The zero-order chi connectivity index (χ0) is 14.5. The van der Waals surface area contributed by atoms with Crippen molar-refractivity contribution >= 4 is 17.4 Å². The molecule has 1 aromatic heterocycles. The zero-order valence-electron chi connectivity index (χ0n) is 11.9. The lowest BCUT2D eigenvalue weighted by Crippen LogP contribution is -2.31. The van der Waals surface area contributed by atoms with Gasteiger partial charge in [0.1, 0.15) is 11.5 Å². The number of hydrogen-bond donors (Lipinski definition) is 1. The molecule has 0 fully saturated rings. The molecular formula is C15H18N4O. The molecule has 1 heterocycles. The first-order valence-electron chi connectivity index (χ1n) is 6.54. The van der Waals surface area contributed by atoms with Crippen molar-refractivity contribution in [3.05, 3.63) is 47.9 Å². The van der Waals surface area contributed by atoms with Crippen LogP contribution in [-0.4, -0.2) is 29.5 Å². The maximum Gasteiger partial charge on any atom is 0.278 e. The largest absolute Gasteiger partial charge is 0.372 e. The molecule has 20 heavy (non-hydrogen) atoms. The number of benzene rings is 1. The van der Waals surface area contributed by atoms with Crippen LogP contribution in [0.2, 0.25) is 0 Å². The number of nitrogens with one attached hydrogen (secondary N) is 1. The fourth-order valence-corrected chi connectivity index (χ4v) is 1.87. The quantitative estimate of drug-likeness (QED) is 0.927. The Morgan fingerprint density at radius 3 is 2.40 bits per heavy atom. The van der Waals surface area contributed by atoms with E-state index in [0.29, 0.717) is 18.1 Å². The summed E-state index contributed by atoms with van der Waals surface area (Å²) >= 11 is 0. The van der Waals surface area contributed by atoms with E-state index in [0.717, 1.165) is 11.3 Å². The first-order chi connectivity index (χ1) is 9.65.